The van der Waals surface area contributed by atoms with Crippen molar-refractivity contribution in [2.24, 2.45) is 11.3 Å². The first kappa shape index (κ1) is 13.5. The van der Waals surface area contributed by atoms with Crippen molar-refractivity contribution in [2.45, 2.75) is 40.5 Å². The number of likely N-dealkylation sites (tertiary alicyclic amines) is 1. The number of nitrogens with one attached hydrogen (secondary N) is 1. The Bertz CT molecular complexity index is 233. The van der Waals surface area contributed by atoms with Gasteiger partial charge in [-0.05, 0) is 30.8 Å². The fourth-order valence-electron chi connectivity index (χ4n) is 2.14. The number of hydrogen-bond acceptors (Lipinski definition) is 2. The van der Waals surface area contributed by atoms with Crippen LogP contribution in [-0.4, -0.2) is 37.0 Å². The van der Waals surface area contributed by atoms with Gasteiger partial charge in [-0.1, -0.05) is 27.7 Å². The highest BCUT2D eigenvalue weighted by atomic mass is 16.2. The third-order valence-electron chi connectivity index (χ3n) is 3.00. The Morgan fingerprint density at radius 3 is 2.69 bits per heavy atom. The molecule has 0 spiro atoms. The van der Waals surface area contributed by atoms with Crippen LogP contribution in [0.5, 0.6) is 0 Å². The zero-order chi connectivity index (χ0) is 12.2. The van der Waals surface area contributed by atoms with E-state index in [9.17, 15) is 4.79 Å². The van der Waals surface area contributed by atoms with E-state index < -0.39 is 0 Å². The quantitative estimate of drug-likeness (QED) is 0.794. The van der Waals surface area contributed by atoms with E-state index in [2.05, 4.69) is 33.0 Å². The molecule has 1 atom stereocenters. The average molecular weight is 226 g/mol. The van der Waals surface area contributed by atoms with Crippen LogP contribution < -0.4 is 5.32 Å². The molecule has 1 fully saturated rings. The normalized spacial score (nSPS) is 21.5. The molecule has 1 heterocycles. The summed E-state index contributed by atoms with van der Waals surface area (Å²) in [6.45, 7) is 12.5. The molecule has 16 heavy (non-hydrogen) atoms. The summed E-state index contributed by atoms with van der Waals surface area (Å²) in [5.41, 5.74) is 0.108. The Kier molecular flexibility index (Phi) is 4.78. The summed E-state index contributed by atoms with van der Waals surface area (Å²) in [5, 5.41) is 3.36. The largest absolute Gasteiger partial charge is 0.342 e. The smallest absolute Gasteiger partial charge is 0.223 e. The lowest BCUT2D eigenvalue weighted by Gasteiger charge is -2.23. The van der Waals surface area contributed by atoms with E-state index in [0.29, 0.717) is 18.2 Å². The van der Waals surface area contributed by atoms with Gasteiger partial charge in [0.15, 0.2) is 0 Å². The SMILES string of the molecule is CCNCC1CCN(C(=O)CC(C)(C)C)C1. The molecule has 1 rings (SSSR count). The van der Waals surface area contributed by atoms with E-state index in [1.807, 2.05) is 4.90 Å². The Morgan fingerprint density at radius 2 is 2.12 bits per heavy atom. The number of nitrogens with zero attached hydrogens (tertiary/aromatic N) is 1. The van der Waals surface area contributed by atoms with Crippen LogP contribution in [-0.2, 0) is 4.79 Å². The van der Waals surface area contributed by atoms with Gasteiger partial charge >= 0.3 is 0 Å². The third kappa shape index (κ3) is 4.52. The first-order valence-corrected chi connectivity index (χ1v) is 6.41. The summed E-state index contributed by atoms with van der Waals surface area (Å²) >= 11 is 0. The molecule has 3 nitrogen and oxygen atoms in total. The number of carbonyl (C=O) groups is 1. The van der Waals surface area contributed by atoms with Crippen molar-refractivity contribution in [3.63, 3.8) is 0 Å². The molecule has 0 aliphatic carbocycles. The molecule has 0 aromatic rings. The van der Waals surface area contributed by atoms with Crippen LogP contribution in [0.1, 0.15) is 40.5 Å². The van der Waals surface area contributed by atoms with Crippen LogP contribution in [0, 0.1) is 11.3 Å². The molecule has 0 saturated carbocycles. The van der Waals surface area contributed by atoms with Crippen LogP contribution in [0.3, 0.4) is 0 Å². The van der Waals surface area contributed by atoms with Gasteiger partial charge in [0.1, 0.15) is 0 Å². The molecular weight excluding hydrogens is 200 g/mol. The molecule has 0 radical (unpaired) electrons. The minimum absolute atomic E-state index is 0.108. The van der Waals surface area contributed by atoms with E-state index in [-0.39, 0.29) is 5.41 Å². The van der Waals surface area contributed by atoms with Crippen LogP contribution in [0.4, 0.5) is 0 Å². The summed E-state index contributed by atoms with van der Waals surface area (Å²) < 4.78 is 0. The second kappa shape index (κ2) is 5.67. The molecule has 0 aromatic carbocycles. The average Bonchev–Trinajstić information content (AvgIpc) is 2.60. The highest BCUT2D eigenvalue weighted by Gasteiger charge is 2.28. The maximum absolute atomic E-state index is 12.0. The summed E-state index contributed by atoms with van der Waals surface area (Å²) in [6.07, 6.45) is 1.82. The molecule has 1 amide bonds. The van der Waals surface area contributed by atoms with Crippen molar-refractivity contribution in [1.29, 1.82) is 0 Å². The predicted octanol–water partition coefficient (Wildman–Crippen LogP) is 1.88. The fourth-order valence-corrected chi connectivity index (χ4v) is 2.14. The fraction of sp³-hybridized carbons (Fsp3) is 0.923. The first-order valence-electron chi connectivity index (χ1n) is 6.41. The molecule has 94 valence electrons. The maximum Gasteiger partial charge on any atom is 0.223 e. The zero-order valence-corrected chi connectivity index (χ0v) is 11.2. The van der Waals surface area contributed by atoms with Crippen molar-refractivity contribution >= 4 is 5.91 Å². The minimum Gasteiger partial charge on any atom is -0.342 e. The molecule has 1 aliphatic heterocycles. The van der Waals surface area contributed by atoms with Gasteiger partial charge < -0.3 is 10.2 Å². The van der Waals surface area contributed by atoms with Crippen LogP contribution >= 0.6 is 0 Å². The standard InChI is InChI=1S/C13H26N2O/c1-5-14-9-11-6-7-15(10-11)12(16)8-13(2,3)4/h11,14H,5-10H2,1-4H3. The van der Waals surface area contributed by atoms with Crippen LogP contribution in [0.25, 0.3) is 0 Å². The third-order valence-corrected chi connectivity index (χ3v) is 3.00. The molecular formula is C13H26N2O. The van der Waals surface area contributed by atoms with Gasteiger partial charge in [-0.3, -0.25) is 4.79 Å². The molecule has 1 N–H and O–H groups in total. The highest BCUT2D eigenvalue weighted by Crippen LogP contribution is 2.23. The van der Waals surface area contributed by atoms with Crippen LogP contribution in [0.2, 0.25) is 0 Å². The van der Waals surface area contributed by atoms with E-state index >= 15 is 0 Å². The zero-order valence-electron chi connectivity index (χ0n) is 11.2. The lowest BCUT2D eigenvalue weighted by atomic mass is 9.92. The molecule has 0 aromatic heterocycles. The summed E-state index contributed by atoms with van der Waals surface area (Å²) in [4.78, 5) is 14.0. The van der Waals surface area contributed by atoms with Crippen molar-refractivity contribution in [3.05, 3.63) is 0 Å². The maximum atomic E-state index is 12.0. The van der Waals surface area contributed by atoms with E-state index in [0.717, 1.165) is 32.6 Å². The van der Waals surface area contributed by atoms with E-state index in [1.165, 1.54) is 0 Å². The molecule has 1 saturated heterocycles. The minimum atomic E-state index is 0.108. The lowest BCUT2D eigenvalue weighted by molar-refractivity contribution is -0.132. The second-order valence-corrected chi connectivity index (χ2v) is 6.04. The number of carbonyl (C=O) groups excluding carboxylic acids is 1. The Labute approximate surface area is 99.6 Å². The van der Waals surface area contributed by atoms with Gasteiger partial charge in [0.05, 0.1) is 0 Å². The van der Waals surface area contributed by atoms with E-state index in [1.54, 1.807) is 0 Å². The Hall–Kier alpha value is -0.570. The monoisotopic (exact) mass is 226 g/mol. The molecule has 0 bridgehead atoms. The van der Waals surface area contributed by atoms with Gasteiger partial charge in [-0.2, -0.15) is 0 Å². The van der Waals surface area contributed by atoms with Crippen LogP contribution in [0.15, 0.2) is 0 Å². The Morgan fingerprint density at radius 1 is 1.44 bits per heavy atom. The van der Waals surface area contributed by atoms with Crippen molar-refractivity contribution in [1.82, 2.24) is 10.2 Å². The van der Waals surface area contributed by atoms with Gasteiger partial charge in [0.2, 0.25) is 5.91 Å². The molecule has 1 aliphatic rings. The van der Waals surface area contributed by atoms with E-state index in [4.69, 9.17) is 0 Å². The number of amides is 1. The van der Waals surface area contributed by atoms with Gasteiger partial charge in [-0.15, -0.1) is 0 Å². The Balaban J connectivity index is 2.32. The topological polar surface area (TPSA) is 32.3 Å². The number of hydrogen-bond donors (Lipinski definition) is 1. The number of rotatable bonds is 4. The van der Waals surface area contributed by atoms with Crippen molar-refractivity contribution < 1.29 is 4.79 Å². The highest BCUT2D eigenvalue weighted by molar-refractivity contribution is 5.77. The molecule has 3 heteroatoms. The van der Waals surface area contributed by atoms with Crippen molar-refractivity contribution in [3.8, 4) is 0 Å². The summed E-state index contributed by atoms with van der Waals surface area (Å²) in [7, 11) is 0. The van der Waals surface area contributed by atoms with Gasteiger partial charge in [0.25, 0.3) is 0 Å². The second-order valence-electron chi connectivity index (χ2n) is 6.04. The van der Waals surface area contributed by atoms with Crippen molar-refractivity contribution in [2.75, 3.05) is 26.2 Å². The lowest BCUT2D eigenvalue weighted by Crippen LogP contribution is -2.33. The first-order chi connectivity index (χ1) is 7.42. The van der Waals surface area contributed by atoms with Gasteiger partial charge in [-0.25, -0.2) is 0 Å². The summed E-state index contributed by atoms with van der Waals surface area (Å²) in [6, 6.07) is 0. The van der Waals surface area contributed by atoms with Gasteiger partial charge in [0, 0.05) is 19.5 Å². The molecule has 1 unspecified atom stereocenters. The predicted molar refractivity (Wildman–Crippen MR) is 67.3 cm³/mol. The summed E-state index contributed by atoms with van der Waals surface area (Å²) in [5.74, 6) is 0.982.